The molecular formula is C23H28O2. The predicted octanol–water partition coefficient (Wildman–Crippen LogP) is 5.88. The number of aromatic hydroxyl groups is 1. The molecule has 0 radical (unpaired) electrons. The van der Waals surface area contributed by atoms with Gasteiger partial charge in [0.1, 0.15) is 5.75 Å². The number of hydrogen-bond acceptors (Lipinski definition) is 2. The second kappa shape index (κ2) is 6.87. The fraction of sp³-hybridized carbons (Fsp3) is 0.348. The summed E-state index contributed by atoms with van der Waals surface area (Å²) >= 11 is 0. The molecule has 1 N–H and O–H groups in total. The highest BCUT2D eigenvalue weighted by atomic mass is 16.3. The molecule has 0 bridgehead atoms. The molecule has 25 heavy (non-hydrogen) atoms. The summed E-state index contributed by atoms with van der Waals surface area (Å²) in [5.74, 6) is 0.239. The van der Waals surface area contributed by atoms with Crippen LogP contribution in [0.2, 0.25) is 0 Å². The van der Waals surface area contributed by atoms with Crippen molar-refractivity contribution in [3.63, 3.8) is 0 Å². The van der Waals surface area contributed by atoms with Gasteiger partial charge in [0.25, 0.3) is 0 Å². The van der Waals surface area contributed by atoms with E-state index in [1.165, 1.54) is 0 Å². The van der Waals surface area contributed by atoms with Gasteiger partial charge in [-0.15, -0.1) is 0 Å². The van der Waals surface area contributed by atoms with Crippen LogP contribution >= 0.6 is 0 Å². The Balaban J connectivity index is 2.50. The summed E-state index contributed by atoms with van der Waals surface area (Å²) in [5, 5.41) is 10.7. The van der Waals surface area contributed by atoms with Crippen molar-refractivity contribution < 1.29 is 9.90 Å². The summed E-state index contributed by atoms with van der Waals surface area (Å²) in [6.07, 6.45) is 3.42. The number of ketones is 1. The summed E-state index contributed by atoms with van der Waals surface area (Å²) in [6, 6.07) is 13.4. The molecule has 0 amide bonds. The molecule has 2 nitrogen and oxygen atoms in total. The van der Waals surface area contributed by atoms with E-state index in [9.17, 15) is 9.90 Å². The quantitative estimate of drug-likeness (QED) is 0.561. The van der Waals surface area contributed by atoms with E-state index >= 15 is 0 Å². The number of allylic oxidation sites excluding steroid dienone is 1. The summed E-state index contributed by atoms with van der Waals surface area (Å²) in [5.41, 5.74) is 2.71. The van der Waals surface area contributed by atoms with Gasteiger partial charge in [0.15, 0.2) is 5.78 Å². The monoisotopic (exact) mass is 336 g/mol. The van der Waals surface area contributed by atoms with Crippen molar-refractivity contribution in [3.8, 4) is 5.75 Å². The normalized spacial score (nSPS) is 12.6. The van der Waals surface area contributed by atoms with Crippen LogP contribution in [0, 0.1) is 0 Å². The Kier molecular flexibility index (Phi) is 5.22. The first-order valence-electron chi connectivity index (χ1n) is 8.65. The van der Waals surface area contributed by atoms with Crippen LogP contribution < -0.4 is 0 Å². The first kappa shape index (κ1) is 19.0. The molecule has 0 unspecified atom stereocenters. The zero-order valence-corrected chi connectivity index (χ0v) is 16.1. The summed E-state index contributed by atoms with van der Waals surface area (Å²) in [6.45, 7) is 12.3. The van der Waals surface area contributed by atoms with Crippen LogP contribution in [-0.2, 0) is 10.8 Å². The fourth-order valence-electron chi connectivity index (χ4n) is 2.75. The third-order valence-corrected chi connectivity index (χ3v) is 4.24. The molecule has 0 saturated heterocycles. The molecular weight excluding hydrogens is 308 g/mol. The fourth-order valence-corrected chi connectivity index (χ4v) is 2.75. The Hall–Kier alpha value is -2.35. The maximum Gasteiger partial charge on any atom is 0.185 e. The molecule has 0 atom stereocenters. The molecule has 2 heteroatoms. The Morgan fingerprint density at radius 3 is 1.80 bits per heavy atom. The van der Waals surface area contributed by atoms with E-state index in [0.29, 0.717) is 11.3 Å². The van der Waals surface area contributed by atoms with Gasteiger partial charge in [0.2, 0.25) is 0 Å². The molecule has 0 fully saturated rings. The number of carbonyl (C=O) groups is 1. The van der Waals surface area contributed by atoms with E-state index < -0.39 is 0 Å². The van der Waals surface area contributed by atoms with E-state index in [4.69, 9.17) is 0 Å². The zero-order valence-electron chi connectivity index (χ0n) is 16.1. The number of benzene rings is 2. The summed E-state index contributed by atoms with van der Waals surface area (Å²) in [7, 11) is 0. The SMILES string of the molecule is CC(C)(C)c1cc(C(=O)/C=C/c2ccccc2)cc(C(C)(C)C)c1O. The smallest absolute Gasteiger partial charge is 0.185 e. The van der Waals surface area contributed by atoms with Crippen molar-refractivity contribution in [1.82, 2.24) is 0 Å². The average Bonchev–Trinajstić information content (AvgIpc) is 2.51. The van der Waals surface area contributed by atoms with Crippen molar-refractivity contribution in [2.24, 2.45) is 0 Å². The van der Waals surface area contributed by atoms with E-state index in [2.05, 4.69) is 0 Å². The lowest BCUT2D eigenvalue weighted by Crippen LogP contribution is -2.18. The third-order valence-electron chi connectivity index (χ3n) is 4.24. The molecule has 0 spiro atoms. The standard InChI is InChI=1S/C23H28O2/c1-22(2,3)18-14-17(15-19(21(18)25)23(4,5)6)20(24)13-12-16-10-8-7-9-11-16/h7-15,25H,1-6H3/b13-12+. The molecule has 2 aromatic carbocycles. The lowest BCUT2D eigenvalue weighted by Gasteiger charge is -2.27. The van der Waals surface area contributed by atoms with Gasteiger partial charge < -0.3 is 5.11 Å². The van der Waals surface area contributed by atoms with Gasteiger partial charge in [0.05, 0.1) is 0 Å². The highest BCUT2D eigenvalue weighted by molar-refractivity contribution is 6.07. The molecule has 0 aliphatic carbocycles. The molecule has 0 heterocycles. The van der Waals surface area contributed by atoms with Gasteiger partial charge >= 0.3 is 0 Å². The minimum Gasteiger partial charge on any atom is -0.507 e. The van der Waals surface area contributed by atoms with Crippen LogP contribution in [0.1, 0.15) is 68.6 Å². The number of rotatable bonds is 3. The minimum absolute atomic E-state index is 0.0557. The molecule has 0 aliphatic rings. The Labute approximate surface area is 151 Å². The highest BCUT2D eigenvalue weighted by Gasteiger charge is 2.27. The molecule has 2 aromatic rings. The van der Waals surface area contributed by atoms with Gasteiger partial charge in [-0.1, -0.05) is 78.0 Å². The van der Waals surface area contributed by atoms with Crippen LogP contribution in [0.3, 0.4) is 0 Å². The lowest BCUT2D eigenvalue weighted by molar-refractivity contribution is 0.104. The van der Waals surface area contributed by atoms with Crippen LogP contribution in [-0.4, -0.2) is 10.9 Å². The molecule has 132 valence electrons. The zero-order chi connectivity index (χ0) is 18.8. The second-order valence-corrected chi connectivity index (χ2v) is 8.53. The highest BCUT2D eigenvalue weighted by Crippen LogP contribution is 2.39. The van der Waals surface area contributed by atoms with Crippen LogP contribution in [0.15, 0.2) is 48.5 Å². The Bertz CT molecular complexity index is 750. The molecule has 0 aliphatic heterocycles. The van der Waals surface area contributed by atoms with E-state index in [1.807, 2.05) is 90.1 Å². The lowest BCUT2D eigenvalue weighted by atomic mass is 9.78. The summed E-state index contributed by atoms with van der Waals surface area (Å²) < 4.78 is 0. The van der Waals surface area contributed by atoms with Crippen LogP contribution in [0.5, 0.6) is 5.75 Å². The van der Waals surface area contributed by atoms with Crippen molar-refractivity contribution in [2.75, 3.05) is 0 Å². The Morgan fingerprint density at radius 1 is 0.880 bits per heavy atom. The van der Waals surface area contributed by atoms with Crippen molar-refractivity contribution in [2.45, 2.75) is 52.4 Å². The maximum atomic E-state index is 12.7. The van der Waals surface area contributed by atoms with E-state index in [1.54, 1.807) is 6.08 Å². The maximum absolute atomic E-state index is 12.7. The first-order chi connectivity index (χ1) is 11.5. The van der Waals surface area contributed by atoms with Gasteiger partial charge in [0, 0.05) is 16.7 Å². The van der Waals surface area contributed by atoms with Crippen molar-refractivity contribution in [1.29, 1.82) is 0 Å². The van der Waals surface area contributed by atoms with Crippen molar-refractivity contribution >= 4 is 11.9 Å². The van der Waals surface area contributed by atoms with Crippen LogP contribution in [0.4, 0.5) is 0 Å². The second-order valence-electron chi connectivity index (χ2n) is 8.53. The minimum atomic E-state index is -0.247. The van der Waals surface area contributed by atoms with Gasteiger partial charge in [-0.05, 0) is 34.6 Å². The Morgan fingerprint density at radius 2 is 1.36 bits per heavy atom. The van der Waals surface area contributed by atoms with Crippen LogP contribution in [0.25, 0.3) is 6.08 Å². The molecule has 2 rings (SSSR count). The third kappa shape index (κ3) is 4.60. The number of carbonyl (C=O) groups excluding carboxylic acids is 1. The van der Waals surface area contributed by atoms with Gasteiger partial charge in [-0.3, -0.25) is 4.79 Å². The van der Waals surface area contributed by atoms with E-state index in [0.717, 1.165) is 16.7 Å². The number of phenols is 1. The predicted molar refractivity (Wildman–Crippen MR) is 105 cm³/mol. The first-order valence-corrected chi connectivity index (χ1v) is 8.65. The number of hydrogen-bond donors (Lipinski definition) is 1. The summed E-state index contributed by atoms with van der Waals surface area (Å²) in [4.78, 5) is 12.7. The van der Waals surface area contributed by atoms with Gasteiger partial charge in [-0.25, -0.2) is 0 Å². The average molecular weight is 336 g/mol. The molecule has 0 saturated carbocycles. The van der Waals surface area contributed by atoms with Gasteiger partial charge in [-0.2, -0.15) is 0 Å². The largest absolute Gasteiger partial charge is 0.507 e. The topological polar surface area (TPSA) is 37.3 Å². The number of phenolic OH excluding ortho intramolecular Hbond substituents is 1. The van der Waals surface area contributed by atoms with Crippen molar-refractivity contribution in [3.05, 3.63) is 70.8 Å². The van der Waals surface area contributed by atoms with E-state index in [-0.39, 0.29) is 16.6 Å². The molecule has 0 aromatic heterocycles.